The number of nitrogens with two attached hydrogens (primary N) is 1. The third-order valence-corrected chi connectivity index (χ3v) is 3.28. The topological polar surface area (TPSA) is 70.0 Å². The van der Waals surface area contributed by atoms with E-state index in [9.17, 15) is 5.11 Å². The van der Waals surface area contributed by atoms with Gasteiger partial charge in [0.1, 0.15) is 11.8 Å². The molecule has 1 saturated carbocycles. The quantitative estimate of drug-likeness (QED) is 0.764. The molecule has 1 aliphatic rings. The van der Waals surface area contributed by atoms with Crippen molar-refractivity contribution < 1.29 is 5.11 Å². The number of hydrogen-bond donors (Lipinski definition) is 2. The van der Waals surface area contributed by atoms with Gasteiger partial charge in [0, 0.05) is 12.0 Å². The van der Waals surface area contributed by atoms with Gasteiger partial charge in [-0.15, -0.1) is 0 Å². The number of rotatable bonds is 2. The van der Waals surface area contributed by atoms with Crippen LogP contribution in [0.25, 0.3) is 0 Å². The van der Waals surface area contributed by atoms with E-state index < -0.39 is 0 Å². The molecule has 3 N–H and O–H groups in total. The summed E-state index contributed by atoms with van der Waals surface area (Å²) in [6.07, 6.45) is 2.16. The van der Waals surface area contributed by atoms with Crippen molar-refractivity contribution in [2.45, 2.75) is 25.2 Å². The summed E-state index contributed by atoms with van der Waals surface area (Å²) in [6.45, 7) is 2.42. The molecule has 0 spiro atoms. The van der Waals surface area contributed by atoms with Crippen LogP contribution in [0.5, 0.6) is 5.75 Å². The van der Waals surface area contributed by atoms with Crippen molar-refractivity contribution in [1.82, 2.24) is 0 Å². The lowest BCUT2D eigenvalue weighted by atomic mass is 9.92. The molecular formula is C12H14N2O. The van der Waals surface area contributed by atoms with Crippen LogP contribution >= 0.6 is 0 Å². The summed E-state index contributed by atoms with van der Waals surface area (Å²) in [5.74, 6) is 0.0917. The summed E-state index contributed by atoms with van der Waals surface area (Å²) in [4.78, 5) is 0. The van der Waals surface area contributed by atoms with Gasteiger partial charge in [0.2, 0.25) is 0 Å². The fraction of sp³-hybridized carbons (Fsp3) is 0.417. The van der Waals surface area contributed by atoms with Gasteiger partial charge in [-0.2, -0.15) is 5.26 Å². The van der Waals surface area contributed by atoms with Gasteiger partial charge in [0.15, 0.2) is 0 Å². The summed E-state index contributed by atoms with van der Waals surface area (Å²) >= 11 is 0. The highest BCUT2D eigenvalue weighted by Crippen LogP contribution is 2.48. The Morgan fingerprint density at radius 1 is 1.53 bits per heavy atom. The van der Waals surface area contributed by atoms with E-state index in [1.54, 1.807) is 6.07 Å². The molecule has 1 aliphatic carbocycles. The smallest absolute Gasteiger partial charge is 0.136 e. The zero-order valence-electron chi connectivity index (χ0n) is 8.75. The van der Waals surface area contributed by atoms with Crippen LogP contribution in [0.4, 0.5) is 0 Å². The molecule has 3 heteroatoms. The van der Waals surface area contributed by atoms with Gasteiger partial charge in [-0.1, -0.05) is 6.07 Å². The van der Waals surface area contributed by atoms with Gasteiger partial charge >= 0.3 is 0 Å². The van der Waals surface area contributed by atoms with Crippen molar-refractivity contribution in [3.8, 4) is 11.8 Å². The molecule has 15 heavy (non-hydrogen) atoms. The van der Waals surface area contributed by atoms with Gasteiger partial charge in [0.25, 0.3) is 0 Å². The standard InChI is InChI=1S/C12H14N2O/c1-8-4-10(12(7-14)2-3-12)5-9(6-13)11(8)15/h4-5,15H,2-3,7,14H2,1H3. The van der Waals surface area contributed by atoms with Crippen molar-refractivity contribution in [3.05, 3.63) is 28.8 Å². The van der Waals surface area contributed by atoms with E-state index in [2.05, 4.69) is 0 Å². The molecular weight excluding hydrogens is 188 g/mol. The number of aromatic hydroxyl groups is 1. The zero-order chi connectivity index (χ0) is 11.1. The monoisotopic (exact) mass is 202 g/mol. The number of nitrogens with zero attached hydrogens (tertiary/aromatic N) is 1. The number of hydrogen-bond acceptors (Lipinski definition) is 3. The Bertz CT molecular complexity index is 442. The number of benzene rings is 1. The van der Waals surface area contributed by atoms with Crippen molar-refractivity contribution in [3.63, 3.8) is 0 Å². The van der Waals surface area contributed by atoms with Gasteiger partial charge in [-0.25, -0.2) is 0 Å². The predicted octanol–water partition coefficient (Wildman–Crippen LogP) is 1.56. The number of phenols is 1. The van der Waals surface area contributed by atoms with Crippen LogP contribution in [0, 0.1) is 18.3 Å². The van der Waals surface area contributed by atoms with Gasteiger partial charge in [-0.05, 0) is 37.0 Å². The summed E-state index contributed by atoms with van der Waals surface area (Å²) in [5, 5.41) is 18.5. The first-order chi connectivity index (χ1) is 7.13. The Hall–Kier alpha value is -1.53. The fourth-order valence-electron chi connectivity index (χ4n) is 1.93. The molecule has 0 heterocycles. The maximum absolute atomic E-state index is 9.63. The van der Waals surface area contributed by atoms with E-state index in [1.807, 2.05) is 19.1 Å². The molecule has 1 fully saturated rings. The van der Waals surface area contributed by atoms with E-state index in [0.717, 1.165) is 24.0 Å². The second-order valence-electron chi connectivity index (χ2n) is 4.29. The molecule has 1 aromatic rings. The van der Waals surface area contributed by atoms with Crippen LogP contribution < -0.4 is 5.73 Å². The van der Waals surface area contributed by atoms with E-state index in [0.29, 0.717) is 12.1 Å². The average molecular weight is 202 g/mol. The average Bonchev–Trinajstić information content (AvgIpc) is 3.02. The largest absolute Gasteiger partial charge is 0.506 e. The molecule has 3 nitrogen and oxygen atoms in total. The van der Waals surface area contributed by atoms with Crippen LogP contribution in [0.1, 0.15) is 29.5 Å². The van der Waals surface area contributed by atoms with Gasteiger partial charge in [0.05, 0.1) is 5.56 Å². The first-order valence-corrected chi connectivity index (χ1v) is 5.07. The lowest BCUT2D eigenvalue weighted by Gasteiger charge is -2.14. The van der Waals surface area contributed by atoms with E-state index >= 15 is 0 Å². The summed E-state index contributed by atoms with van der Waals surface area (Å²) < 4.78 is 0. The zero-order valence-corrected chi connectivity index (χ0v) is 8.75. The second-order valence-corrected chi connectivity index (χ2v) is 4.29. The third-order valence-electron chi connectivity index (χ3n) is 3.28. The second kappa shape index (κ2) is 3.25. The minimum absolute atomic E-state index is 0.0735. The van der Waals surface area contributed by atoms with E-state index in [4.69, 9.17) is 11.0 Å². The Morgan fingerprint density at radius 3 is 2.67 bits per heavy atom. The molecule has 0 unspecified atom stereocenters. The lowest BCUT2D eigenvalue weighted by molar-refractivity contribution is 0.468. The Kier molecular flexibility index (Phi) is 2.17. The van der Waals surface area contributed by atoms with Crippen LogP contribution in [-0.4, -0.2) is 11.7 Å². The van der Waals surface area contributed by atoms with Gasteiger partial charge < -0.3 is 10.8 Å². The Morgan fingerprint density at radius 2 is 2.20 bits per heavy atom. The van der Waals surface area contributed by atoms with Crippen molar-refractivity contribution in [1.29, 1.82) is 5.26 Å². The van der Waals surface area contributed by atoms with Crippen LogP contribution in [0.2, 0.25) is 0 Å². The first kappa shape index (κ1) is 10.0. The highest BCUT2D eigenvalue weighted by molar-refractivity contribution is 5.52. The molecule has 0 aromatic heterocycles. The van der Waals surface area contributed by atoms with Crippen LogP contribution in [0.15, 0.2) is 12.1 Å². The van der Waals surface area contributed by atoms with Crippen molar-refractivity contribution in [2.24, 2.45) is 5.73 Å². The Balaban J connectivity index is 2.52. The SMILES string of the molecule is Cc1cc(C2(CN)CC2)cc(C#N)c1O. The molecule has 0 amide bonds. The number of phenolic OH excluding ortho intramolecular Hbond substituents is 1. The van der Waals surface area contributed by atoms with Crippen LogP contribution in [-0.2, 0) is 5.41 Å². The predicted molar refractivity (Wildman–Crippen MR) is 57.5 cm³/mol. The fourth-order valence-corrected chi connectivity index (χ4v) is 1.93. The maximum Gasteiger partial charge on any atom is 0.136 e. The number of nitriles is 1. The summed E-state index contributed by atoms with van der Waals surface area (Å²) in [5.41, 5.74) is 8.01. The van der Waals surface area contributed by atoms with Crippen LogP contribution in [0.3, 0.4) is 0 Å². The molecule has 0 saturated heterocycles. The molecule has 78 valence electrons. The van der Waals surface area contributed by atoms with E-state index in [1.165, 1.54) is 0 Å². The van der Waals surface area contributed by atoms with Gasteiger partial charge in [-0.3, -0.25) is 0 Å². The molecule has 0 bridgehead atoms. The summed E-state index contributed by atoms with van der Waals surface area (Å²) in [6, 6.07) is 5.72. The molecule has 0 aliphatic heterocycles. The van der Waals surface area contributed by atoms with E-state index in [-0.39, 0.29) is 11.2 Å². The molecule has 0 atom stereocenters. The maximum atomic E-state index is 9.63. The Labute approximate surface area is 89.1 Å². The highest BCUT2D eigenvalue weighted by Gasteiger charge is 2.43. The minimum atomic E-state index is 0.0735. The third kappa shape index (κ3) is 1.47. The number of aryl methyl sites for hydroxylation is 1. The molecule has 1 aromatic carbocycles. The lowest BCUT2D eigenvalue weighted by Crippen LogP contribution is -2.19. The first-order valence-electron chi connectivity index (χ1n) is 5.07. The highest BCUT2D eigenvalue weighted by atomic mass is 16.3. The molecule has 2 rings (SSSR count). The summed E-state index contributed by atoms with van der Waals surface area (Å²) in [7, 11) is 0. The molecule has 0 radical (unpaired) electrons. The normalized spacial score (nSPS) is 17.1. The van der Waals surface area contributed by atoms with Crippen molar-refractivity contribution in [2.75, 3.05) is 6.54 Å². The minimum Gasteiger partial charge on any atom is -0.506 e. The van der Waals surface area contributed by atoms with Crippen molar-refractivity contribution >= 4 is 0 Å².